The van der Waals surface area contributed by atoms with Crippen LogP contribution in [0.3, 0.4) is 0 Å². The van der Waals surface area contributed by atoms with Crippen molar-refractivity contribution in [2.45, 2.75) is 18.8 Å². The third-order valence-electron chi connectivity index (χ3n) is 2.78. The van der Waals surface area contributed by atoms with Crippen LogP contribution in [0.5, 0.6) is 11.5 Å². The lowest BCUT2D eigenvalue weighted by Crippen LogP contribution is -2.22. The molecule has 0 aliphatic carbocycles. The molecular weight excluding hydrogens is 261 g/mol. The number of rotatable bonds is 4. The molecule has 1 aromatic carbocycles. The number of anilines is 1. The fraction of sp³-hybridized carbons (Fsp3) is 0.500. The largest absolute Gasteiger partial charge is 0.573 e. The topological polar surface area (TPSA) is 42.5 Å². The van der Waals surface area contributed by atoms with E-state index >= 15 is 0 Å². The van der Waals surface area contributed by atoms with Crippen LogP contribution in [0.1, 0.15) is 6.42 Å². The van der Waals surface area contributed by atoms with E-state index in [-0.39, 0.29) is 11.8 Å². The lowest BCUT2D eigenvalue weighted by atomic mass is 10.2. The minimum Gasteiger partial charge on any atom is -0.497 e. The standard InChI is InChI=1S/C12H15F3N2O2/c1-18-10-4-9(17-8-2-3-16-7-8)5-11(6-10)19-12(13,14)15/h4-6,8,16-17H,2-3,7H2,1H3. The summed E-state index contributed by atoms with van der Waals surface area (Å²) in [6.45, 7) is 1.68. The van der Waals surface area contributed by atoms with Gasteiger partial charge in [-0.05, 0) is 13.0 Å². The zero-order chi connectivity index (χ0) is 13.9. The Morgan fingerprint density at radius 2 is 2.00 bits per heavy atom. The Morgan fingerprint density at radius 1 is 1.26 bits per heavy atom. The third kappa shape index (κ3) is 4.20. The quantitative estimate of drug-likeness (QED) is 0.886. The third-order valence-corrected chi connectivity index (χ3v) is 2.78. The predicted octanol–water partition coefficient (Wildman–Crippen LogP) is 2.37. The highest BCUT2D eigenvalue weighted by Gasteiger charge is 2.31. The number of alkyl halides is 3. The molecule has 1 heterocycles. The molecule has 0 amide bonds. The van der Waals surface area contributed by atoms with Gasteiger partial charge in [-0.2, -0.15) is 0 Å². The lowest BCUT2D eigenvalue weighted by Gasteiger charge is -2.16. The Hall–Kier alpha value is -1.63. The van der Waals surface area contributed by atoms with Gasteiger partial charge >= 0.3 is 6.36 Å². The molecule has 1 aliphatic rings. The van der Waals surface area contributed by atoms with E-state index in [0.717, 1.165) is 19.5 Å². The molecular formula is C12H15F3N2O2. The number of nitrogens with one attached hydrogen (secondary N) is 2. The second-order valence-corrected chi connectivity index (χ2v) is 4.28. The van der Waals surface area contributed by atoms with Crippen molar-refractivity contribution in [2.75, 3.05) is 25.5 Å². The monoisotopic (exact) mass is 276 g/mol. The molecule has 2 rings (SSSR count). The fourth-order valence-corrected chi connectivity index (χ4v) is 1.98. The summed E-state index contributed by atoms with van der Waals surface area (Å²) in [5.41, 5.74) is 0.548. The molecule has 1 unspecified atom stereocenters. The predicted molar refractivity (Wildman–Crippen MR) is 64.6 cm³/mol. The van der Waals surface area contributed by atoms with Crippen molar-refractivity contribution in [2.24, 2.45) is 0 Å². The first-order chi connectivity index (χ1) is 8.96. The molecule has 0 spiro atoms. The van der Waals surface area contributed by atoms with Gasteiger partial charge in [0, 0.05) is 36.5 Å². The van der Waals surface area contributed by atoms with E-state index in [1.54, 1.807) is 6.07 Å². The molecule has 1 atom stereocenters. The van der Waals surface area contributed by atoms with Gasteiger partial charge in [-0.1, -0.05) is 0 Å². The molecule has 1 aromatic rings. The first-order valence-corrected chi connectivity index (χ1v) is 5.88. The minimum atomic E-state index is -4.71. The maximum absolute atomic E-state index is 12.2. The maximum Gasteiger partial charge on any atom is 0.573 e. The Morgan fingerprint density at radius 3 is 2.58 bits per heavy atom. The van der Waals surface area contributed by atoms with Gasteiger partial charge in [0.1, 0.15) is 11.5 Å². The van der Waals surface area contributed by atoms with Gasteiger partial charge in [0.2, 0.25) is 0 Å². The molecule has 1 fully saturated rings. The highest BCUT2D eigenvalue weighted by atomic mass is 19.4. The molecule has 106 valence electrons. The van der Waals surface area contributed by atoms with Gasteiger partial charge in [-0.25, -0.2) is 0 Å². The van der Waals surface area contributed by atoms with Crippen LogP contribution < -0.4 is 20.1 Å². The van der Waals surface area contributed by atoms with E-state index in [9.17, 15) is 13.2 Å². The maximum atomic E-state index is 12.2. The molecule has 7 heteroatoms. The Bertz CT molecular complexity index is 431. The van der Waals surface area contributed by atoms with Crippen LogP contribution in [0.15, 0.2) is 18.2 Å². The van der Waals surface area contributed by atoms with Gasteiger partial charge in [-0.3, -0.25) is 0 Å². The number of hydrogen-bond acceptors (Lipinski definition) is 4. The van der Waals surface area contributed by atoms with Crippen LogP contribution in [0.25, 0.3) is 0 Å². The molecule has 1 aliphatic heterocycles. The summed E-state index contributed by atoms with van der Waals surface area (Å²) in [6, 6.07) is 4.35. The number of methoxy groups -OCH3 is 1. The van der Waals surface area contributed by atoms with Crippen LogP contribution in [-0.2, 0) is 0 Å². The van der Waals surface area contributed by atoms with Crippen molar-refractivity contribution in [1.82, 2.24) is 5.32 Å². The average Bonchev–Trinajstić information content (AvgIpc) is 2.79. The average molecular weight is 276 g/mol. The van der Waals surface area contributed by atoms with Crippen molar-refractivity contribution >= 4 is 5.69 Å². The summed E-state index contributed by atoms with van der Waals surface area (Å²) in [7, 11) is 1.40. The molecule has 0 saturated carbocycles. The summed E-state index contributed by atoms with van der Waals surface area (Å²) in [5, 5.41) is 6.32. The van der Waals surface area contributed by atoms with Crippen molar-refractivity contribution in [1.29, 1.82) is 0 Å². The molecule has 1 saturated heterocycles. The van der Waals surface area contributed by atoms with Crippen LogP contribution in [-0.4, -0.2) is 32.6 Å². The molecule has 19 heavy (non-hydrogen) atoms. The van der Waals surface area contributed by atoms with Crippen LogP contribution in [0, 0.1) is 0 Å². The highest BCUT2D eigenvalue weighted by molar-refractivity contribution is 5.54. The van der Waals surface area contributed by atoms with E-state index in [0.29, 0.717) is 11.4 Å². The first-order valence-electron chi connectivity index (χ1n) is 5.88. The highest BCUT2D eigenvalue weighted by Crippen LogP contribution is 2.30. The zero-order valence-corrected chi connectivity index (χ0v) is 10.4. The molecule has 2 N–H and O–H groups in total. The van der Waals surface area contributed by atoms with E-state index in [1.807, 2.05) is 0 Å². The zero-order valence-electron chi connectivity index (χ0n) is 10.4. The summed E-state index contributed by atoms with van der Waals surface area (Å²) in [4.78, 5) is 0. The molecule has 0 bridgehead atoms. The van der Waals surface area contributed by atoms with Gasteiger partial charge in [-0.15, -0.1) is 13.2 Å². The van der Waals surface area contributed by atoms with Crippen LogP contribution >= 0.6 is 0 Å². The van der Waals surface area contributed by atoms with Crippen LogP contribution in [0.2, 0.25) is 0 Å². The Labute approximate surface area is 108 Å². The van der Waals surface area contributed by atoms with Gasteiger partial charge in [0.05, 0.1) is 7.11 Å². The van der Waals surface area contributed by atoms with E-state index in [1.165, 1.54) is 19.2 Å². The number of halogens is 3. The smallest absolute Gasteiger partial charge is 0.497 e. The lowest BCUT2D eigenvalue weighted by molar-refractivity contribution is -0.274. The van der Waals surface area contributed by atoms with Crippen LogP contribution in [0.4, 0.5) is 18.9 Å². The van der Waals surface area contributed by atoms with E-state index < -0.39 is 6.36 Å². The Balaban J connectivity index is 2.15. The van der Waals surface area contributed by atoms with Crippen molar-refractivity contribution in [3.05, 3.63) is 18.2 Å². The van der Waals surface area contributed by atoms with Gasteiger partial charge in [0.25, 0.3) is 0 Å². The van der Waals surface area contributed by atoms with Crippen molar-refractivity contribution in [3.63, 3.8) is 0 Å². The fourth-order valence-electron chi connectivity index (χ4n) is 1.98. The summed E-state index contributed by atoms with van der Waals surface area (Å²) < 4.78 is 45.5. The Kier molecular flexibility index (Phi) is 4.04. The minimum absolute atomic E-state index is 0.200. The number of ether oxygens (including phenoxy) is 2. The second kappa shape index (κ2) is 5.56. The summed E-state index contributed by atoms with van der Waals surface area (Å²) in [5.74, 6) is 0.0236. The first kappa shape index (κ1) is 13.8. The second-order valence-electron chi connectivity index (χ2n) is 4.28. The summed E-state index contributed by atoms with van der Waals surface area (Å²) in [6.07, 6.45) is -3.79. The van der Waals surface area contributed by atoms with Gasteiger partial charge < -0.3 is 20.1 Å². The normalized spacial score (nSPS) is 19.3. The molecule has 0 aromatic heterocycles. The summed E-state index contributed by atoms with van der Waals surface area (Å²) >= 11 is 0. The molecule has 4 nitrogen and oxygen atoms in total. The number of benzene rings is 1. The van der Waals surface area contributed by atoms with Gasteiger partial charge in [0.15, 0.2) is 0 Å². The molecule has 0 radical (unpaired) electrons. The number of hydrogen-bond donors (Lipinski definition) is 2. The van der Waals surface area contributed by atoms with E-state index in [4.69, 9.17) is 4.74 Å². The SMILES string of the molecule is COc1cc(NC2CCNC2)cc(OC(F)(F)F)c1. The van der Waals surface area contributed by atoms with Crippen molar-refractivity contribution < 1.29 is 22.6 Å². The van der Waals surface area contributed by atoms with Crippen molar-refractivity contribution in [3.8, 4) is 11.5 Å². The van der Waals surface area contributed by atoms with E-state index in [2.05, 4.69) is 15.4 Å².